The molecule has 0 unspecified atom stereocenters. The number of halogens is 1. The van der Waals surface area contributed by atoms with Crippen LogP contribution in [0.2, 0.25) is 0 Å². The predicted octanol–water partition coefficient (Wildman–Crippen LogP) is 3.31. The first-order valence-electron chi connectivity index (χ1n) is 7.01. The number of rotatable bonds is 1. The molecule has 2 heterocycles. The van der Waals surface area contributed by atoms with Crippen LogP contribution in [0.15, 0.2) is 24.3 Å². The number of nitrogens with zero attached hydrogens (tertiary/aromatic N) is 2. The number of aromatic nitrogens is 1. The maximum absolute atomic E-state index is 13.5. The van der Waals surface area contributed by atoms with Crippen molar-refractivity contribution in [1.82, 2.24) is 9.88 Å². The van der Waals surface area contributed by atoms with Gasteiger partial charge >= 0.3 is 0 Å². The molecule has 0 bridgehead atoms. The van der Waals surface area contributed by atoms with Gasteiger partial charge in [0.15, 0.2) is 0 Å². The van der Waals surface area contributed by atoms with E-state index in [1.807, 2.05) is 11.8 Å². The van der Waals surface area contributed by atoms with E-state index in [4.69, 9.17) is 0 Å². The van der Waals surface area contributed by atoms with Crippen LogP contribution in [-0.2, 0) is 0 Å². The molecular weight excluding hydrogens is 255 g/mol. The Labute approximate surface area is 117 Å². The van der Waals surface area contributed by atoms with Crippen LogP contribution in [0.5, 0.6) is 0 Å². The quantitative estimate of drug-likeness (QED) is 0.798. The topological polar surface area (TPSA) is 33.2 Å². The lowest BCUT2D eigenvalue weighted by Crippen LogP contribution is -2.35. The molecule has 1 aliphatic heterocycles. The van der Waals surface area contributed by atoms with Gasteiger partial charge in [0.25, 0.3) is 5.91 Å². The zero-order valence-corrected chi connectivity index (χ0v) is 11.5. The molecule has 104 valence electrons. The first kappa shape index (κ1) is 13.0. The summed E-state index contributed by atoms with van der Waals surface area (Å²) in [6.07, 6.45) is 3.26. The lowest BCUT2D eigenvalue weighted by Gasteiger charge is -2.27. The summed E-state index contributed by atoms with van der Waals surface area (Å²) < 4.78 is 13.5. The van der Waals surface area contributed by atoms with Gasteiger partial charge in [0.2, 0.25) is 0 Å². The molecular formula is C16H17FN2O. The minimum absolute atomic E-state index is 0.00852. The molecule has 20 heavy (non-hydrogen) atoms. The van der Waals surface area contributed by atoms with Crippen molar-refractivity contribution >= 4 is 16.8 Å². The van der Waals surface area contributed by atoms with Crippen molar-refractivity contribution < 1.29 is 9.18 Å². The van der Waals surface area contributed by atoms with Crippen molar-refractivity contribution in [2.24, 2.45) is 0 Å². The third kappa shape index (κ3) is 2.38. The summed E-state index contributed by atoms with van der Waals surface area (Å²) in [5.41, 5.74) is 2.02. The summed E-state index contributed by atoms with van der Waals surface area (Å²) in [6, 6.07) is 6.17. The van der Waals surface area contributed by atoms with E-state index < -0.39 is 0 Å². The molecule has 0 aliphatic carbocycles. The van der Waals surface area contributed by atoms with E-state index in [1.165, 1.54) is 18.6 Å². The van der Waals surface area contributed by atoms with Crippen LogP contribution in [0.4, 0.5) is 4.39 Å². The summed E-state index contributed by atoms with van der Waals surface area (Å²) in [5, 5.41) is 0.603. The van der Waals surface area contributed by atoms with Crippen LogP contribution in [-0.4, -0.2) is 28.9 Å². The van der Waals surface area contributed by atoms with Crippen LogP contribution < -0.4 is 0 Å². The highest BCUT2D eigenvalue weighted by atomic mass is 19.1. The third-order valence-corrected chi connectivity index (χ3v) is 3.77. The zero-order valence-electron chi connectivity index (χ0n) is 11.5. The van der Waals surface area contributed by atoms with E-state index in [9.17, 15) is 9.18 Å². The molecule has 0 saturated carbocycles. The highest BCUT2D eigenvalue weighted by molar-refractivity contribution is 6.06. The molecule has 0 atom stereocenters. The fraction of sp³-hybridized carbons (Fsp3) is 0.375. The Kier molecular flexibility index (Phi) is 3.38. The number of aryl methyl sites for hydroxylation is 1. The first-order chi connectivity index (χ1) is 9.65. The molecule has 1 amide bonds. The van der Waals surface area contributed by atoms with E-state index in [1.54, 1.807) is 12.1 Å². The lowest BCUT2D eigenvalue weighted by molar-refractivity contribution is 0.0726. The van der Waals surface area contributed by atoms with Crippen molar-refractivity contribution in [3.05, 3.63) is 41.3 Å². The Morgan fingerprint density at radius 1 is 1.20 bits per heavy atom. The Balaban J connectivity index is 2.09. The van der Waals surface area contributed by atoms with E-state index in [0.29, 0.717) is 16.5 Å². The van der Waals surface area contributed by atoms with Crippen LogP contribution in [0, 0.1) is 12.7 Å². The fourth-order valence-corrected chi connectivity index (χ4v) is 2.77. The molecule has 1 fully saturated rings. The molecule has 1 aromatic heterocycles. The van der Waals surface area contributed by atoms with Gasteiger partial charge in [0, 0.05) is 24.2 Å². The second-order valence-electron chi connectivity index (χ2n) is 5.33. The molecule has 4 heteroatoms. The minimum Gasteiger partial charge on any atom is -0.339 e. The number of hydrogen-bond acceptors (Lipinski definition) is 2. The van der Waals surface area contributed by atoms with Crippen LogP contribution in [0.25, 0.3) is 10.9 Å². The Bertz CT molecular complexity index is 663. The number of likely N-dealkylation sites (tertiary alicyclic amines) is 1. The summed E-state index contributed by atoms with van der Waals surface area (Å²) in [7, 11) is 0. The molecule has 1 aromatic carbocycles. The van der Waals surface area contributed by atoms with Gasteiger partial charge in [-0.15, -0.1) is 0 Å². The molecule has 3 rings (SSSR count). The van der Waals surface area contributed by atoms with E-state index in [-0.39, 0.29) is 11.7 Å². The molecule has 0 spiro atoms. The lowest BCUT2D eigenvalue weighted by atomic mass is 10.0. The Hall–Kier alpha value is -1.97. The van der Waals surface area contributed by atoms with Crippen molar-refractivity contribution in [1.29, 1.82) is 0 Å². The van der Waals surface area contributed by atoms with E-state index in [0.717, 1.165) is 31.6 Å². The number of piperidine rings is 1. The van der Waals surface area contributed by atoms with Gasteiger partial charge in [-0.1, -0.05) is 0 Å². The van der Waals surface area contributed by atoms with Gasteiger partial charge in [-0.2, -0.15) is 0 Å². The van der Waals surface area contributed by atoms with Crippen LogP contribution >= 0.6 is 0 Å². The fourth-order valence-electron chi connectivity index (χ4n) is 2.77. The summed E-state index contributed by atoms with van der Waals surface area (Å²) >= 11 is 0. The number of hydrogen-bond donors (Lipinski definition) is 0. The Morgan fingerprint density at radius 2 is 1.95 bits per heavy atom. The molecule has 3 nitrogen and oxygen atoms in total. The summed E-state index contributed by atoms with van der Waals surface area (Å²) in [6.45, 7) is 3.43. The molecule has 2 aromatic rings. The Morgan fingerprint density at radius 3 is 2.70 bits per heavy atom. The maximum atomic E-state index is 13.5. The van der Waals surface area contributed by atoms with Crippen molar-refractivity contribution in [2.75, 3.05) is 13.1 Å². The number of benzene rings is 1. The zero-order chi connectivity index (χ0) is 14.1. The second kappa shape index (κ2) is 5.19. The van der Waals surface area contributed by atoms with Gasteiger partial charge in [-0.05, 0) is 50.5 Å². The second-order valence-corrected chi connectivity index (χ2v) is 5.33. The molecule has 1 aliphatic rings. The average molecular weight is 272 g/mol. The van der Waals surface area contributed by atoms with Gasteiger partial charge in [-0.25, -0.2) is 4.39 Å². The SMILES string of the molecule is Cc1cc(C(=O)N2CCCCC2)c2cc(F)ccc2n1. The third-order valence-electron chi connectivity index (χ3n) is 3.77. The number of carbonyl (C=O) groups is 1. The van der Waals surface area contributed by atoms with Gasteiger partial charge in [0.05, 0.1) is 11.1 Å². The number of carbonyl (C=O) groups excluding carboxylic acids is 1. The van der Waals surface area contributed by atoms with Gasteiger partial charge < -0.3 is 4.90 Å². The smallest absolute Gasteiger partial charge is 0.254 e. The minimum atomic E-state index is -0.337. The van der Waals surface area contributed by atoms with Gasteiger partial charge in [-0.3, -0.25) is 9.78 Å². The number of amides is 1. The standard InChI is InChI=1S/C16H17FN2O/c1-11-9-14(16(20)19-7-3-2-4-8-19)13-10-12(17)5-6-15(13)18-11/h5-6,9-10H,2-4,7-8H2,1H3. The number of pyridine rings is 1. The highest BCUT2D eigenvalue weighted by Crippen LogP contribution is 2.22. The first-order valence-corrected chi connectivity index (χ1v) is 7.01. The average Bonchev–Trinajstić information content (AvgIpc) is 2.47. The maximum Gasteiger partial charge on any atom is 0.254 e. The van der Waals surface area contributed by atoms with Crippen LogP contribution in [0.1, 0.15) is 35.3 Å². The summed E-state index contributed by atoms with van der Waals surface area (Å²) in [4.78, 5) is 18.9. The monoisotopic (exact) mass is 272 g/mol. The van der Waals surface area contributed by atoms with Crippen molar-refractivity contribution in [3.63, 3.8) is 0 Å². The number of fused-ring (bicyclic) bond motifs is 1. The van der Waals surface area contributed by atoms with E-state index in [2.05, 4.69) is 4.98 Å². The highest BCUT2D eigenvalue weighted by Gasteiger charge is 2.21. The molecule has 1 saturated heterocycles. The predicted molar refractivity (Wildman–Crippen MR) is 76.2 cm³/mol. The van der Waals surface area contributed by atoms with Gasteiger partial charge in [0.1, 0.15) is 5.82 Å². The van der Waals surface area contributed by atoms with Crippen molar-refractivity contribution in [3.8, 4) is 0 Å². The normalized spacial score (nSPS) is 15.6. The largest absolute Gasteiger partial charge is 0.339 e. The molecule has 0 radical (unpaired) electrons. The van der Waals surface area contributed by atoms with Crippen LogP contribution in [0.3, 0.4) is 0 Å². The summed E-state index contributed by atoms with van der Waals surface area (Å²) in [5.74, 6) is -0.346. The van der Waals surface area contributed by atoms with E-state index >= 15 is 0 Å². The van der Waals surface area contributed by atoms with Crippen molar-refractivity contribution in [2.45, 2.75) is 26.2 Å². The molecule has 0 N–H and O–H groups in total.